The average Bonchev–Trinajstić information content (AvgIpc) is 3.09. The Balaban J connectivity index is 2.30. The third-order valence-electron chi connectivity index (χ3n) is 2.88. The minimum Gasteiger partial charge on any atom is -0.383 e. The van der Waals surface area contributed by atoms with Crippen LogP contribution in [-0.4, -0.2) is 39.6 Å². The lowest BCUT2D eigenvalue weighted by Crippen LogP contribution is -2.26. The molecule has 2 aromatic rings. The van der Waals surface area contributed by atoms with Gasteiger partial charge >= 0.3 is 0 Å². The maximum absolute atomic E-state index is 6.31. The quantitative estimate of drug-likeness (QED) is 0.808. The van der Waals surface area contributed by atoms with Gasteiger partial charge < -0.3 is 10.1 Å². The number of ether oxygens (including phenoxy) is 1. The van der Waals surface area contributed by atoms with Gasteiger partial charge in [-0.2, -0.15) is 5.10 Å². The summed E-state index contributed by atoms with van der Waals surface area (Å²) in [6.07, 6.45) is 4.47. The second kappa shape index (κ2) is 7.68. The third kappa shape index (κ3) is 3.54. The normalized spacial score (nSPS) is 12.8. The molecular weight excluding hydrogens is 298 g/mol. The number of nitrogens with zero attached hydrogens (tertiary/aromatic N) is 4. The second-order valence-corrected chi connectivity index (χ2v) is 5.53. The van der Waals surface area contributed by atoms with Crippen LogP contribution in [0.3, 0.4) is 0 Å². The lowest BCUT2D eigenvalue weighted by Gasteiger charge is -2.18. The van der Waals surface area contributed by atoms with Gasteiger partial charge in [-0.05, 0) is 24.5 Å². The van der Waals surface area contributed by atoms with E-state index in [1.807, 2.05) is 4.68 Å². The zero-order chi connectivity index (χ0) is 14.4. The van der Waals surface area contributed by atoms with Crippen molar-refractivity contribution in [3.05, 3.63) is 28.0 Å². The van der Waals surface area contributed by atoms with Crippen LogP contribution in [0.1, 0.15) is 30.0 Å². The number of halogens is 1. The first-order valence-corrected chi connectivity index (χ1v) is 7.63. The molecule has 2 aromatic heterocycles. The summed E-state index contributed by atoms with van der Waals surface area (Å²) in [4.78, 5) is 1.03. The van der Waals surface area contributed by atoms with E-state index in [4.69, 9.17) is 16.3 Å². The number of aromatic nitrogens is 4. The molecule has 0 amide bonds. The van der Waals surface area contributed by atoms with Crippen molar-refractivity contribution in [1.29, 1.82) is 0 Å². The Morgan fingerprint density at radius 2 is 2.35 bits per heavy atom. The van der Waals surface area contributed by atoms with Gasteiger partial charge in [0.2, 0.25) is 0 Å². The first-order valence-electron chi connectivity index (χ1n) is 6.48. The van der Waals surface area contributed by atoms with Crippen molar-refractivity contribution in [3.63, 3.8) is 0 Å². The highest BCUT2D eigenvalue weighted by molar-refractivity contribution is 7.05. The highest BCUT2D eigenvalue weighted by atomic mass is 35.5. The number of hydrogen-bond acceptors (Lipinski definition) is 6. The van der Waals surface area contributed by atoms with Crippen LogP contribution in [0.2, 0.25) is 5.02 Å². The van der Waals surface area contributed by atoms with E-state index in [9.17, 15) is 0 Å². The maximum atomic E-state index is 6.31. The van der Waals surface area contributed by atoms with Gasteiger partial charge in [-0.25, -0.2) is 0 Å². The molecule has 20 heavy (non-hydrogen) atoms. The Kier molecular flexibility index (Phi) is 5.90. The molecule has 0 aliphatic heterocycles. The van der Waals surface area contributed by atoms with E-state index in [1.54, 1.807) is 19.5 Å². The van der Waals surface area contributed by atoms with E-state index in [1.165, 1.54) is 11.5 Å². The lowest BCUT2D eigenvalue weighted by molar-refractivity contribution is 0.182. The van der Waals surface area contributed by atoms with Gasteiger partial charge in [-0.3, -0.25) is 4.68 Å². The largest absolute Gasteiger partial charge is 0.383 e. The molecule has 1 unspecified atom stereocenters. The SMILES string of the molecule is CCCNC(c1cnns1)c1c(Cl)cnn1CCOC. The monoisotopic (exact) mass is 315 g/mol. The van der Waals surface area contributed by atoms with Crippen molar-refractivity contribution < 1.29 is 4.74 Å². The lowest BCUT2D eigenvalue weighted by atomic mass is 10.1. The zero-order valence-corrected chi connectivity index (χ0v) is 13.1. The summed E-state index contributed by atoms with van der Waals surface area (Å²) in [5.41, 5.74) is 0.934. The molecule has 110 valence electrons. The van der Waals surface area contributed by atoms with E-state index in [-0.39, 0.29) is 6.04 Å². The third-order valence-corrected chi connectivity index (χ3v) is 3.89. The Bertz CT molecular complexity index is 516. The molecule has 0 fully saturated rings. The molecule has 0 radical (unpaired) electrons. The van der Waals surface area contributed by atoms with Gasteiger partial charge in [-0.1, -0.05) is 23.0 Å². The van der Waals surface area contributed by atoms with Crippen LogP contribution in [-0.2, 0) is 11.3 Å². The maximum Gasteiger partial charge on any atom is 0.0889 e. The molecule has 0 aromatic carbocycles. The summed E-state index contributed by atoms with van der Waals surface area (Å²) in [7, 11) is 1.67. The fraction of sp³-hybridized carbons (Fsp3) is 0.583. The molecule has 0 saturated heterocycles. The fourth-order valence-electron chi connectivity index (χ4n) is 1.94. The second-order valence-electron chi connectivity index (χ2n) is 4.30. The first-order chi connectivity index (χ1) is 9.77. The first kappa shape index (κ1) is 15.4. The molecule has 6 nitrogen and oxygen atoms in total. The van der Waals surface area contributed by atoms with Gasteiger partial charge in [0, 0.05) is 7.11 Å². The minimum absolute atomic E-state index is 0.0400. The Morgan fingerprint density at radius 3 is 3.00 bits per heavy atom. The van der Waals surface area contributed by atoms with Crippen molar-refractivity contribution in [1.82, 2.24) is 24.7 Å². The van der Waals surface area contributed by atoms with E-state index in [0.717, 1.165) is 23.5 Å². The molecule has 1 N–H and O–H groups in total. The van der Waals surface area contributed by atoms with Gasteiger partial charge in [-0.15, -0.1) is 5.10 Å². The van der Waals surface area contributed by atoms with E-state index in [2.05, 4.69) is 26.9 Å². The van der Waals surface area contributed by atoms with Gasteiger partial charge in [0.25, 0.3) is 0 Å². The van der Waals surface area contributed by atoms with Crippen molar-refractivity contribution in [2.24, 2.45) is 0 Å². The number of rotatable bonds is 8. The van der Waals surface area contributed by atoms with Crippen LogP contribution < -0.4 is 5.32 Å². The van der Waals surface area contributed by atoms with E-state index >= 15 is 0 Å². The van der Waals surface area contributed by atoms with Crippen molar-refractivity contribution in [2.45, 2.75) is 25.9 Å². The summed E-state index contributed by atoms with van der Waals surface area (Å²) in [6, 6.07) is -0.0400. The highest BCUT2D eigenvalue weighted by Crippen LogP contribution is 2.29. The topological polar surface area (TPSA) is 64.9 Å². The average molecular weight is 316 g/mol. The summed E-state index contributed by atoms with van der Waals surface area (Å²) in [6.45, 7) is 4.26. The molecule has 2 heterocycles. The Morgan fingerprint density at radius 1 is 1.50 bits per heavy atom. The predicted octanol–water partition coefficient (Wildman–Crippen LogP) is 2.12. The van der Waals surface area contributed by atoms with Crippen molar-refractivity contribution >= 4 is 23.1 Å². The molecule has 0 saturated carbocycles. The van der Waals surface area contributed by atoms with E-state index in [0.29, 0.717) is 18.2 Å². The van der Waals surface area contributed by atoms with Gasteiger partial charge in [0.05, 0.1) is 47.2 Å². The summed E-state index contributed by atoms with van der Waals surface area (Å²) in [5.74, 6) is 0. The van der Waals surface area contributed by atoms with Gasteiger partial charge in [0.1, 0.15) is 0 Å². The van der Waals surface area contributed by atoms with Crippen LogP contribution in [0.25, 0.3) is 0 Å². The highest BCUT2D eigenvalue weighted by Gasteiger charge is 2.23. The van der Waals surface area contributed by atoms with Crippen LogP contribution in [0, 0.1) is 0 Å². The molecule has 0 bridgehead atoms. The van der Waals surface area contributed by atoms with Crippen LogP contribution >= 0.6 is 23.1 Å². The molecule has 8 heteroatoms. The fourth-order valence-corrected chi connectivity index (χ4v) is 2.77. The number of hydrogen-bond donors (Lipinski definition) is 1. The smallest absolute Gasteiger partial charge is 0.0889 e. The summed E-state index contributed by atoms with van der Waals surface area (Å²) >= 11 is 7.68. The van der Waals surface area contributed by atoms with Crippen molar-refractivity contribution in [2.75, 3.05) is 20.3 Å². The minimum atomic E-state index is -0.0400. The summed E-state index contributed by atoms with van der Waals surface area (Å²) < 4.78 is 10.9. The summed E-state index contributed by atoms with van der Waals surface area (Å²) in [5, 5.41) is 12.4. The van der Waals surface area contributed by atoms with Crippen LogP contribution in [0.15, 0.2) is 12.4 Å². The van der Waals surface area contributed by atoms with Crippen LogP contribution in [0.4, 0.5) is 0 Å². The Labute approximate surface area is 127 Å². The zero-order valence-electron chi connectivity index (χ0n) is 11.5. The molecule has 0 aliphatic rings. The molecular formula is C12H18ClN5OS. The predicted molar refractivity (Wildman–Crippen MR) is 79.2 cm³/mol. The van der Waals surface area contributed by atoms with Gasteiger partial charge in [0.15, 0.2) is 0 Å². The molecule has 2 rings (SSSR count). The van der Waals surface area contributed by atoms with E-state index < -0.39 is 0 Å². The molecule has 1 atom stereocenters. The molecule has 0 spiro atoms. The molecule has 0 aliphatic carbocycles. The van der Waals surface area contributed by atoms with Crippen LogP contribution in [0.5, 0.6) is 0 Å². The Hall–Kier alpha value is -1.02. The van der Waals surface area contributed by atoms with Crippen molar-refractivity contribution in [3.8, 4) is 0 Å². The standard InChI is InChI=1S/C12H18ClN5OS/c1-3-4-14-11(10-8-15-17-20-10)12-9(13)7-16-18(12)5-6-19-2/h7-8,11,14H,3-6H2,1-2H3. The number of nitrogens with one attached hydrogen (secondary N) is 1. The number of methoxy groups -OCH3 is 1.